The molecule has 1 rings (SSSR count). The zero-order valence-corrected chi connectivity index (χ0v) is 8.08. The summed E-state index contributed by atoms with van der Waals surface area (Å²) in [7, 11) is 0. The van der Waals surface area contributed by atoms with E-state index >= 15 is 0 Å². The number of ketones is 1. The number of rotatable bonds is 3. The number of carbonyl (C=O) groups is 1. The van der Waals surface area contributed by atoms with E-state index in [1.807, 2.05) is 0 Å². The monoisotopic (exact) mass is 198 g/mol. The van der Waals surface area contributed by atoms with Crippen LogP contribution < -0.4 is 0 Å². The van der Waals surface area contributed by atoms with E-state index in [9.17, 15) is 4.79 Å². The topological polar surface area (TPSA) is 37.3 Å². The van der Waals surface area contributed by atoms with Crippen LogP contribution in [0.2, 0.25) is 5.02 Å². The third-order valence-corrected chi connectivity index (χ3v) is 2.10. The lowest BCUT2D eigenvalue weighted by molar-refractivity contribution is 0.0877. The first-order valence-electron chi connectivity index (χ1n) is 4.05. The molecule has 13 heavy (non-hydrogen) atoms. The molecular formula is C10H11ClO2. The fourth-order valence-corrected chi connectivity index (χ4v) is 1.11. The fraction of sp³-hybridized carbons (Fsp3) is 0.300. The minimum atomic E-state index is -0.346. The minimum Gasteiger partial charge on any atom is -0.396 e. The number of benzene rings is 1. The summed E-state index contributed by atoms with van der Waals surface area (Å²) in [5, 5.41) is 9.38. The van der Waals surface area contributed by atoms with Crippen molar-refractivity contribution in [3.63, 3.8) is 0 Å². The smallest absolute Gasteiger partial charge is 0.167 e. The van der Waals surface area contributed by atoms with E-state index in [0.29, 0.717) is 10.6 Å². The molecule has 1 N–H and O–H groups in total. The Kier molecular flexibility index (Phi) is 3.46. The summed E-state index contributed by atoms with van der Waals surface area (Å²) in [4.78, 5) is 11.5. The van der Waals surface area contributed by atoms with Gasteiger partial charge in [0.1, 0.15) is 0 Å². The summed E-state index contributed by atoms with van der Waals surface area (Å²) in [6.07, 6.45) is 0. The first kappa shape index (κ1) is 10.2. The summed E-state index contributed by atoms with van der Waals surface area (Å²) in [5.74, 6) is -0.402. The molecule has 0 aliphatic rings. The van der Waals surface area contributed by atoms with Crippen molar-refractivity contribution in [2.24, 2.45) is 5.92 Å². The molecule has 2 nitrogen and oxygen atoms in total. The highest BCUT2D eigenvalue weighted by atomic mass is 35.5. The molecule has 0 aliphatic carbocycles. The average molecular weight is 199 g/mol. The van der Waals surface area contributed by atoms with Gasteiger partial charge in [-0.1, -0.05) is 18.5 Å². The van der Waals surface area contributed by atoms with Crippen molar-refractivity contribution < 1.29 is 9.90 Å². The second-order valence-electron chi connectivity index (χ2n) is 2.95. The summed E-state index contributed by atoms with van der Waals surface area (Å²) in [5.41, 5.74) is 0.589. The van der Waals surface area contributed by atoms with E-state index in [2.05, 4.69) is 0 Å². The molecule has 0 radical (unpaired) electrons. The summed E-state index contributed by atoms with van der Waals surface area (Å²) < 4.78 is 0. The maximum Gasteiger partial charge on any atom is 0.167 e. The molecule has 0 amide bonds. The van der Waals surface area contributed by atoms with E-state index in [-0.39, 0.29) is 18.3 Å². The molecule has 0 saturated heterocycles. The van der Waals surface area contributed by atoms with Gasteiger partial charge in [0.05, 0.1) is 6.61 Å². The van der Waals surface area contributed by atoms with E-state index in [4.69, 9.17) is 16.7 Å². The van der Waals surface area contributed by atoms with Crippen LogP contribution in [0, 0.1) is 5.92 Å². The Hall–Kier alpha value is -0.860. The van der Waals surface area contributed by atoms with Crippen LogP contribution >= 0.6 is 11.6 Å². The number of aliphatic hydroxyl groups excluding tert-OH is 1. The SMILES string of the molecule is C[C@H](CO)C(=O)c1ccc(Cl)cc1. The predicted octanol–water partition coefficient (Wildman–Crippen LogP) is 2.15. The van der Waals surface area contributed by atoms with Gasteiger partial charge in [0, 0.05) is 16.5 Å². The molecule has 0 saturated carbocycles. The molecule has 0 unspecified atom stereocenters. The van der Waals surface area contributed by atoms with Gasteiger partial charge in [-0.25, -0.2) is 0 Å². The molecule has 0 fully saturated rings. The van der Waals surface area contributed by atoms with E-state index in [1.165, 1.54) is 0 Å². The van der Waals surface area contributed by atoms with Gasteiger partial charge >= 0.3 is 0 Å². The van der Waals surface area contributed by atoms with Crippen LogP contribution in [0.5, 0.6) is 0 Å². The van der Waals surface area contributed by atoms with Crippen LogP contribution in [0.15, 0.2) is 24.3 Å². The van der Waals surface area contributed by atoms with E-state index < -0.39 is 0 Å². The molecular weight excluding hydrogens is 188 g/mol. The van der Waals surface area contributed by atoms with Gasteiger partial charge in [-0.2, -0.15) is 0 Å². The lowest BCUT2D eigenvalue weighted by Gasteiger charge is -2.05. The first-order valence-corrected chi connectivity index (χ1v) is 4.43. The van der Waals surface area contributed by atoms with Crippen LogP contribution in [0.3, 0.4) is 0 Å². The molecule has 0 spiro atoms. The Morgan fingerprint density at radius 2 is 2.00 bits per heavy atom. The predicted molar refractivity (Wildman–Crippen MR) is 52.0 cm³/mol. The number of hydrogen-bond donors (Lipinski definition) is 1. The van der Waals surface area contributed by atoms with Crippen LogP contribution in [0.1, 0.15) is 17.3 Å². The zero-order chi connectivity index (χ0) is 9.84. The highest BCUT2D eigenvalue weighted by molar-refractivity contribution is 6.30. The van der Waals surface area contributed by atoms with Crippen molar-refractivity contribution in [2.75, 3.05) is 6.61 Å². The standard InChI is InChI=1S/C10H11ClO2/c1-7(6-12)10(13)8-2-4-9(11)5-3-8/h2-5,7,12H,6H2,1H3/t7-/m1/s1. The second-order valence-corrected chi connectivity index (χ2v) is 3.39. The molecule has 3 heteroatoms. The maximum absolute atomic E-state index is 11.5. The van der Waals surface area contributed by atoms with Crippen molar-refractivity contribution in [2.45, 2.75) is 6.92 Å². The summed E-state index contributed by atoms with van der Waals surface area (Å²) in [6, 6.07) is 6.66. The van der Waals surface area contributed by atoms with Gasteiger partial charge in [-0.3, -0.25) is 4.79 Å². The normalized spacial score (nSPS) is 12.5. The van der Waals surface area contributed by atoms with Gasteiger partial charge < -0.3 is 5.11 Å². The Labute approximate surface area is 82.2 Å². The van der Waals surface area contributed by atoms with Crippen LogP contribution in [0.4, 0.5) is 0 Å². The van der Waals surface area contributed by atoms with Crippen molar-refractivity contribution in [1.82, 2.24) is 0 Å². The maximum atomic E-state index is 11.5. The molecule has 70 valence electrons. The molecule has 0 aromatic heterocycles. The Bertz CT molecular complexity index is 292. The van der Waals surface area contributed by atoms with Gasteiger partial charge in [-0.05, 0) is 24.3 Å². The van der Waals surface area contributed by atoms with Crippen LogP contribution in [-0.4, -0.2) is 17.5 Å². The van der Waals surface area contributed by atoms with Crippen molar-refractivity contribution in [3.8, 4) is 0 Å². The van der Waals surface area contributed by atoms with Gasteiger partial charge in [0.2, 0.25) is 0 Å². The largest absolute Gasteiger partial charge is 0.396 e. The zero-order valence-electron chi connectivity index (χ0n) is 7.33. The highest BCUT2D eigenvalue weighted by Gasteiger charge is 2.13. The fourth-order valence-electron chi connectivity index (χ4n) is 0.982. The number of hydrogen-bond acceptors (Lipinski definition) is 2. The Morgan fingerprint density at radius 1 is 1.46 bits per heavy atom. The number of carbonyl (C=O) groups excluding carboxylic acids is 1. The van der Waals surface area contributed by atoms with Crippen LogP contribution in [-0.2, 0) is 0 Å². The molecule has 1 aromatic rings. The Morgan fingerprint density at radius 3 is 2.46 bits per heavy atom. The lowest BCUT2D eigenvalue weighted by atomic mass is 10.0. The van der Waals surface area contributed by atoms with Gasteiger partial charge in [0.25, 0.3) is 0 Å². The minimum absolute atomic E-state index is 0.0563. The molecule has 0 aliphatic heterocycles. The Balaban J connectivity index is 2.83. The van der Waals surface area contributed by atoms with Crippen LogP contribution in [0.25, 0.3) is 0 Å². The highest BCUT2D eigenvalue weighted by Crippen LogP contribution is 2.12. The molecule has 0 heterocycles. The average Bonchev–Trinajstić information content (AvgIpc) is 2.17. The van der Waals surface area contributed by atoms with Crippen molar-refractivity contribution >= 4 is 17.4 Å². The third-order valence-electron chi connectivity index (χ3n) is 1.85. The quantitative estimate of drug-likeness (QED) is 0.756. The van der Waals surface area contributed by atoms with Gasteiger partial charge in [0.15, 0.2) is 5.78 Å². The van der Waals surface area contributed by atoms with E-state index in [1.54, 1.807) is 31.2 Å². The molecule has 1 aromatic carbocycles. The molecule has 0 bridgehead atoms. The summed E-state index contributed by atoms with van der Waals surface area (Å²) in [6.45, 7) is 1.57. The summed E-state index contributed by atoms with van der Waals surface area (Å²) >= 11 is 5.67. The number of aliphatic hydroxyl groups is 1. The van der Waals surface area contributed by atoms with Crippen molar-refractivity contribution in [3.05, 3.63) is 34.9 Å². The lowest BCUT2D eigenvalue weighted by Crippen LogP contribution is -2.14. The number of Topliss-reactive ketones (excluding diaryl/α,β-unsaturated/α-hetero) is 1. The van der Waals surface area contributed by atoms with E-state index in [0.717, 1.165) is 0 Å². The first-order chi connectivity index (χ1) is 6.15. The van der Waals surface area contributed by atoms with Gasteiger partial charge in [-0.15, -0.1) is 0 Å². The van der Waals surface area contributed by atoms with Crippen molar-refractivity contribution in [1.29, 1.82) is 0 Å². The second kappa shape index (κ2) is 4.40. The number of halogens is 1. The third kappa shape index (κ3) is 2.54. The molecule has 1 atom stereocenters.